The fraction of sp³-hybridized carbons (Fsp3) is 0.929. The number of nitrogens with two attached hydrogens (primary N) is 1. The molecule has 98 valence electrons. The van der Waals surface area contributed by atoms with Gasteiger partial charge in [-0.2, -0.15) is 0 Å². The molecule has 3 atom stereocenters. The highest BCUT2D eigenvalue weighted by molar-refractivity contribution is 5.67. The summed E-state index contributed by atoms with van der Waals surface area (Å²) in [5, 5.41) is 9.06. The molecule has 0 aromatic heterocycles. The second kappa shape index (κ2) is 5.38. The Morgan fingerprint density at radius 2 is 1.88 bits per heavy atom. The number of carboxylic acids is 1. The van der Waals surface area contributed by atoms with Crippen LogP contribution in [0.2, 0.25) is 0 Å². The molecule has 0 heterocycles. The molecule has 0 spiro atoms. The Hall–Kier alpha value is -0.570. The summed E-state index contributed by atoms with van der Waals surface area (Å²) in [6.45, 7) is 0.544. The van der Waals surface area contributed by atoms with Crippen LogP contribution in [0.5, 0.6) is 0 Å². The number of carbonyl (C=O) groups is 1. The molecule has 3 N–H and O–H groups in total. The molecule has 0 amide bonds. The van der Waals surface area contributed by atoms with Gasteiger partial charge in [-0.15, -0.1) is 0 Å². The molecule has 3 nitrogen and oxygen atoms in total. The van der Waals surface area contributed by atoms with Crippen LogP contribution in [0.3, 0.4) is 0 Å². The van der Waals surface area contributed by atoms with Gasteiger partial charge in [0.05, 0.1) is 6.42 Å². The summed E-state index contributed by atoms with van der Waals surface area (Å²) in [6.07, 6.45) is 10.3. The number of hydrogen-bond acceptors (Lipinski definition) is 2. The maximum Gasteiger partial charge on any atom is 0.303 e. The first kappa shape index (κ1) is 12.9. The topological polar surface area (TPSA) is 63.3 Å². The number of carboxylic acid groups (broad SMARTS) is 1. The van der Waals surface area contributed by atoms with Crippen LogP contribution in [0.25, 0.3) is 0 Å². The fourth-order valence-electron chi connectivity index (χ4n) is 4.00. The molecule has 2 aliphatic carbocycles. The van der Waals surface area contributed by atoms with Gasteiger partial charge in [0, 0.05) is 0 Å². The lowest BCUT2D eigenvalue weighted by molar-refractivity contribution is -0.140. The highest BCUT2D eigenvalue weighted by Crippen LogP contribution is 2.48. The molecule has 2 rings (SSSR count). The van der Waals surface area contributed by atoms with Crippen molar-refractivity contribution in [2.24, 2.45) is 23.0 Å². The first-order chi connectivity index (χ1) is 8.15. The Labute approximate surface area is 104 Å². The van der Waals surface area contributed by atoms with Gasteiger partial charge in [0.15, 0.2) is 0 Å². The number of hydrogen-bond donors (Lipinski definition) is 2. The molecule has 2 unspecified atom stereocenters. The van der Waals surface area contributed by atoms with Crippen molar-refractivity contribution in [1.29, 1.82) is 0 Å². The molecule has 0 bridgehead atoms. The van der Waals surface area contributed by atoms with E-state index >= 15 is 0 Å². The van der Waals surface area contributed by atoms with Gasteiger partial charge >= 0.3 is 5.97 Å². The Bertz CT molecular complexity index is 279. The van der Waals surface area contributed by atoms with E-state index in [1.54, 1.807) is 0 Å². The number of aliphatic carboxylic acids is 1. The average molecular weight is 239 g/mol. The second-order valence-corrected chi connectivity index (χ2v) is 6.18. The minimum Gasteiger partial charge on any atom is -0.481 e. The SMILES string of the molecule is NC[C@]1(CC(=O)O)CCC2CCCCCC2C1. The minimum absolute atomic E-state index is 0.0999. The molecule has 0 aromatic carbocycles. The number of rotatable bonds is 3. The third-order valence-corrected chi connectivity index (χ3v) is 5.02. The normalized spacial score (nSPS) is 38.2. The predicted molar refractivity (Wildman–Crippen MR) is 67.7 cm³/mol. The zero-order valence-corrected chi connectivity index (χ0v) is 10.7. The van der Waals surface area contributed by atoms with E-state index in [-0.39, 0.29) is 11.8 Å². The predicted octanol–water partition coefficient (Wildman–Crippen LogP) is 2.79. The first-order valence-electron chi connectivity index (χ1n) is 7.07. The Kier molecular flexibility index (Phi) is 4.08. The average Bonchev–Trinajstić information content (AvgIpc) is 2.52. The summed E-state index contributed by atoms with van der Waals surface area (Å²) in [4.78, 5) is 11.0. The van der Waals surface area contributed by atoms with E-state index in [9.17, 15) is 4.79 Å². The molecule has 2 aliphatic rings. The molecule has 0 saturated heterocycles. The van der Waals surface area contributed by atoms with Crippen LogP contribution in [0, 0.1) is 17.3 Å². The third kappa shape index (κ3) is 3.01. The highest BCUT2D eigenvalue weighted by atomic mass is 16.4. The molecule has 2 saturated carbocycles. The number of fused-ring (bicyclic) bond motifs is 1. The zero-order chi connectivity index (χ0) is 12.3. The van der Waals surface area contributed by atoms with Gasteiger partial charge in [-0.25, -0.2) is 0 Å². The van der Waals surface area contributed by atoms with Crippen molar-refractivity contribution >= 4 is 5.97 Å². The summed E-state index contributed by atoms with van der Waals surface area (Å²) in [6, 6.07) is 0. The summed E-state index contributed by atoms with van der Waals surface area (Å²) in [5.74, 6) is 0.919. The maximum atomic E-state index is 11.0. The summed E-state index contributed by atoms with van der Waals surface area (Å²) in [5.41, 5.74) is 5.78. The van der Waals surface area contributed by atoms with Crippen molar-refractivity contribution < 1.29 is 9.90 Å². The van der Waals surface area contributed by atoms with Crippen molar-refractivity contribution in [3.63, 3.8) is 0 Å². The largest absolute Gasteiger partial charge is 0.481 e. The van der Waals surface area contributed by atoms with Crippen LogP contribution in [0.15, 0.2) is 0 Å². The monoisotopic (exact) mass is 239 g/mol. The molecule has 0 aromatic rings. The lowest BCUT2D eigenvalue weighted by atomic mass is 9.62. The van der Waals surface area contributed by atoms with Crippen LogP contribution in [0.4, 0.5) is 0 Å². The van der Waals surface area contributed by atoms with Gasteiger partial charge < -0.3 is 10.8 Å². The van der Waals surface area contributed by atoms with Crippen LogP contribution >= 0.6 is 0 Å². The first-order valence-corrected chi connectivity index (χ1v) is 7.07. The van der Waals surface area contributed by atoms with E-state index in [0.717, 1.165) is 24.7 Å². The van der Waals surface area contributed by atoms with E-state index in [2.05, 4.69) is 0 Å². The van der Waals surface area contributed by atoms with E-state index in [1.807, 2.05) is 0 Å². The molecule has 0 radical (unpaired) electrons. The Balaban J connectivity index is 2.04. The summed E-state index contributed by atoms with van der Waals surface area (Å²) < 4.78 is 0. The maximum absolute atomic E-state index is 11.0. The summed E-state index contributed by atoms with van der Waals surface area (Å²) >= 11 is 0. The molecule has 3 heteroatoms. The molecular formula is C14H25NO2. The highest BCUT2D eigenvalue weighted by Gasteiger charge is 2.41. The molecule has 2 fully saturated rings. The van der Waals surface area contributed by atoms with Gasteiger partial charge in [-0.1, -0.05) is 32.1 Å². The van der Waals surface area contributed by atoms with Crippen LogP contribution in [0.1, 0.15) is 57.8 Å². The van der Waals surface area contributed by atoms with Crippen molar-refractivity contribution in [3.05, 3.63) is 0 Å². The fourth-order valence-corrected chi connectivity index (χ4v) is 4.00. The Morgan fingerprint density at radius 1 is 1.18 bits per heavy atom. The molecule has 17 heavy (non-hydrogen) atoms. The van der Waals surface area contributed by atoms with Crippen molar-refractivity contribution in [2.75, 3.05) is 6.54 Å². The van der Waals surface area contributed by atoms with E-state index in [4.69, 9.17) is 10.8 Å². The quantitative estimate of drug-likeness (QED) is 0.796. The lowest BCUT2D eigenvalue weighted by Gasteiger charge is -2.43. The second-order valence-electron chi connectivity index (χ2n) is 6.18. The molecule has 0 aliphatic heterocycles. The van der Waals surface area contributed by atoms with Gasteiger partial charge in [0.2, 0.25) is 0 Å². The summed E-state index contributed by atoms with van der Waals surface area (Å²) in [7, 11) is 0. The third-order valence-electron chi connectivity index (χ3n) is 5.02. The lowest BCUT2D eigenvalue weighted by Crippen LogP contribution is -2.40. The Morgan fingerprint density at radius 3 is 2.53 bits per heavy atom. The van der Waals surface area contributed by atoms with Crippen LogP contribution < -0.4 is 5.73 Å². The van der Waals surface area contributed by atoms with E-state index < -0.39 is 5.97 Å². The van der Waals surface area contributed by atoms with Gasteiger partial charge in [0.1, 0.15) is 0 Å². The standard InChI is InChI=1S/C14H25NO2/c15-10-14(9-13(16)17)7-6-11-4-2-1-3-5-12(11)8-14/h11-12H,1-10,15H2,(H,16,17)/t11?,12?,14-/m1/s1. The van der Waals surface area contributed by atoms with Crippen molar-refractivity contribution in [1.82, 2.24) is 0 Å². The van der Waals surface area contributed by atoms with Crippen molar-refractivity contribution in [2.45, 2.75) is 57.8 Å². The smallest absolute Gasteiger partial charge is 0.303 e. The van der Waals surface area contributed by atoms with Gasteiger partial charge in [-0.3, -0.25) is 4.79 Å². The van der Waals surface area contributed by atoms with Gasteiger partial charge in [0.25, 0.3) is 0 Å². The zero-order valence-electron chi connectivity index (χ0n) is 10.7. The minimum atomic E-state index is -0.678. The van der Waals surface area contributed by atoms with Crippen LogP contribution in [-0.4, -0.2) is 17.6 Å². The van der Waals surface area contributed by atoms with Crippen LogP contribution in [-0.2, 0) is 4.79 Å². The van der Waals surface area contributed by atoms with Crippen molar-refractivity contribution in [3.8, 4) is 0 Å². The van der Waals surface area contributed by atoms with Gasteiger partial charge in [-0.05, 0) is 43.1 Å². The molecular weight excluding hydrogens is 214 g/mol. The van der Waals surface area contributed by atoms with E-state index in [1.165, 1.54) is 38.5 Å². The van der Waals surface area contributed by atoms with E-state index in [0.29, 0.717) is 6.54 Å².